The number of thioether (sulfide) groups is 1. The highest BCUT2D eigenvalue weighted by Crippen LogP contribution is 2.16. The molecule has 11 nitrogen and oxygen atoms in total. The molecule has 3 amide bonds. The maximum atomic E-state index is 13.1. The van der Waals surface area contributed by atoms with Crippen molar-refractivity contribution in [1.29, 1.82) is 0 Å². The maximum absolute atomic E-state index is 13.1. The van der Waals surface area contributed by atoms with Crippen LogP contribution in [0.5, 0.6) is 0 Å². The molecule has 0 saturated carbocycles. The summed E-state index contributed by atoms with van der Waals surface area (Å²) < 4.78 is 5.66. The molecule has 13 heteroatoms. The first kappa shape index (κ1) is 32.4. The molecule has 1 aromatic heterocycles. The second kappa shape index (κ2) is 14.6. The summed E-state index contributed by atoms with van der Waals surface area (Å²) in [6, 6.07) is -1.55. The van der Waals surface area contributed by atoms with Gasteiger partial charge in [-0.3, -0.25) is 19.2 Å². The number of esters is 1. The summed E-state index contributed by atoms with van der Waals surface area (Å²) in [4.78, 5) is 67.9. The number of nitrogens with zero attached hydrogens (tertiary/aromatic N) is 1. The van der Waals surface area contributed by atoms with Crippen LogP contribution in [0.1, 0.15) is 69.9 Å². The molecule has 2 rings (SSSR count). The Morgan fingerprint density at radius 3 is 2.59 bits per heavy atom. The van der Waals surface area contributed by atoms with Crippen molar-refractivity contribution in [3.05, 3.63) is 28.2 Å². The van der Waals surface area contributed by atoms with E-state index in [0.29, 0.717) is 17.2 Å². The topological polar surface area (TPSA) is 170 Å². The number of carbonyl (C=O) groups excluding carboxylic acids is 5. The van der Waals surface area contributed by atoms with Gasteiger partial charge in [0.15, 0.2) is 0 Å². The average Bonchev–Trinajstić information content (AvgIpc) is 3.33. The Morgan fingerprint density at radius 2 is 1.95 bits per heavy atom. The Bertz CT molecular complexity index is 1080. The van der Waals surface area contributed by atoms with E-state index in [2.05, 4.69) is 20.9 Å². The van der Waals surface area contributed by atoms with E-state index >= 15 is 0 Å². The minimum absolute atomic E-state index is 0.0454. The Kier molecular flexibility index (Phi) is 12.1. The lowest BCUT2D eigenvalue weighted by Gasteiger charge is -2.29. The van der Waals surface area contributed by atoms with Gasteiger partial charge in [0.25, 0.3) is 5.91 Å². The number of fused-ring (bicyclic) bond motifs is 2. The van der Waals surface area contributed by atoms with Gasteiger partial charge in [0, 0.05) is 11.1 Å². The third-order valence-electron chi connectivity index (χ3n) is 5.95. The second-order valence-corrected chi connectivity index (χ2v) is 12.6. The Labute approximate surface area is 237 Å². The molecule has 1 aliphatic rings. The first-order chi connectivity index (χ1) is 18.2. The summed E-state index contributed by atoms with van der Waals surface area (Å²) in [5, 5.41) is 10.0. The second-order valence-electron chi connectivity index (χ2n) is 10.5. The molecule has 3 atom stereocenters. The first-order valence-electron chi connectivity index (χ1n) is 12.8. The van der Waals surface area contributed by atoms with Gasteiger partial charge in [-0.25, -0.2) is 9.78 Å². The number of hydrogen-bond acceptors (Lipinski definition) is 10. The van der Waals surface area contributed by atoms with E-state index in [1.807, 2.05) is 13.8 Å². The van der Waals surface area contributed by atoms with Crippen LogP contribution in [0.2, 0.25) is 0 Å². The summed E-state index contributed by atoms with van der Waals surface area (Å²) in [6.45, 7) is 10.4. The molecular weight excluding hydrogens is 542 g/mol. The van der Waals surface area contributed by atoms with Crippen LogP contribution >= 0.6 is 23.1 Å². The molecule has 1 aliphatic heterocycles. The molecule has 216 valence electrons. The molecule has 0 saturated heterocycles. The number of aromatic nitrogens is 1. The van der Waals surface area contributed by atoms with Gasteiger partial charge < -0.3 is 26.4 Å². The number of nitrogens with two attached hydrogens (primary N) is 1. The van der Waals surface area contributed by atoms with Crippen molar-refractivity contribution in [1.82, 2.24) is 20.9 Å². The number of thiazole rings is 1. The zero-order valence-corrected chi connectivity index (χ0v) is 24.9. The number of hydrogen-bond donors (Lipinski definition) is 4. The van der Waals surface area contributed by atoms with Crippen LogP contribution < -0.4 is 21.7 Å². The number of nitrogens with one attached hydrogen (secondary N) is 3. The predicted octanol–water partition coefficient (Wildman–Crippen LogP) is 1.91. The van der Waals surface area contributed by atoms with Crippen molar-refractivity contribution >= 4 is 51.9 Å². The van der Waals surface area contributed by atoms with Crippen molar-refractivity contribution in [2.24, 2.45) is 17.6 Å². The molecule has 0 spiro atoms. The molecular formula is C26H39N5O6S2. The van der Waals surface area contributed by atoms with Crippen LogP contribution in [-0.2, 0) is 30.5 Å². The Hall–Kier alpha value is -2.77. The van der Waals surface area contributed by atoms with Gasteiger partial charge in [-0.2, -0.15) is 0 Å². The monoisotopic (exact) mass is 581 g/mol. The summed E-state index contributed by atoms with van der Waals surface area (Å²) in [7, 11) is 0. The van der Waals surface area contributed by atoms with E-state index in [9.17, 15) is 24.0 Å². The summed E-state index contributed by atoms with van der Waals surface area (Å²) in [5.41, 5.74) is 4.67. The number of ether oxygens (including phenoxy) is 1. The molecule has 2 heterocycles. The zero-order chi connectivity index (χ0) is 29.3. The van der Waals surface area contributed by atoms with Gasteiger partial charge in [-0.05, 0) is 38.2 Å². The van der Waals surface area contributed by atoms with Crippen LogP contribution in [0, 0.1) is 11.8 Å². The zero-order valence-electron chi connectivity index (χ0n) is 23.2. The number of amides is 3. The smallest absolute Gasteiger partial charge is 0.329 e. The normalized spacial score (nSPS) is 21.9. The molecule has 0 unspecified atom stereocenters. The third-order valence-corrected chi connectivity index (χ3v) is 7.79. The SMILES string of the molecule is CC(C)[C@H](N)C(=O)SCC/C=C/[C@@H]1CC(=O)NCc2nc(cs2)C(=O)NC(C)(C)C(=O)N[C@@H](C(C)C)C(=O)O1. The molecule has 0 aromatic carbocycles. The maximum Gasteiger partial charge on any atom is 0.329 e. The fourth-order valence-electron chi connectivity index (χ4n) is 3.36. The van der Waals surface area contributed by atoms with Crippen molar-refractivity contribution < 1.29 is 28.7 Å². The summed E-state index contributed by atoms with van der Waals surface area (Å²) in [5.74, 6) is -2.01. The average molecular weight is 582 g/mol. The van der Waals surface area contributed by atoms with E-state index in [1.54, 1.807) is 31.4 Å². The number of cyclic esters (lactones) is 1. The highest BCUT2D eigenvalue weighted by molar-refractivity contribution is 8.13. The van der Waals surface area contributed by atoms with Crippen LogP contribution in [0.3, 0.4) is 0 Å². The number of allylic oxidation sites excluding steroid dienone is 1. The lowest BCUT2D eigenvalue weighted by atomic mass is 9.99. The predicted molar refractivity (Wildman–Crippen MR) is 151 cm³/mol. The van der Waals surface area contributed by atoms with E-state index in [-0.39, 0.29) is 41.5 Å². The highest BCUT2D eigenvalue weighted by atomic mass is 32.2. The van der Waals surface area contributed by atoms with E-state index in [4.69, 9.17) is 10.5 Å². The largest absolute Gasteiger partial charge is 0.456 e. The van der Waals surface area contributed by atoms with Crippen LogP contribution in [0.15, 0.2) is 17.5 Å². The molecule has 39 heavy (non-hydrogen) atoms. The summed E-state index contributed by atoms with van der Waals surface area (Å²) >= 11 is 2.34. The van der Waals surface area contributed by atoms with Gasteiger partial charge in [0.2, 0.25) is 16.9 Å². The lowest BCUT2D eigenvalue weighted by Crippen LogP contribution is -2.59. The highest BCUT2D eigenvalue weighted by Gasteiger charge is 2.36. The van der Waals surface area contributed by atoms with Gasteiger partial charge in [-0.1, -0.05) is 45.5 Å². The fraction of sp³-hybridized carbons (Fsp3) is 0.615. The van der Waals surface area contributed by atoms with Gasteiger partial charge >= 0.3 is 5.97 Å². The van der Waals surface area contributed by atoms with Crippen LogP contribution in [0.25, 0.3) is 0 Å². The Balaban J connectivity index is 2.22. The lowest BCUT2D eigenvalue weighted by molar-refractivity contribution is -0.153. The Morgan fingerprint density at radius 1 is 1.26 bits per heavy atom. The van der Waals surface area contributed by atoms with Crippen LogP contribution in [0.4, 0.5) is 0 Å². The van der Waals surface area contributed by atoms with Crippen molar-refractivity contribution in [2.45, 2.75) is 84.7 Å². The molecule has 5 N–H and O–H groups in total. The molecule has 0 aliphatic carbocycles. The first-order valence-corrected chi connectivity index (χ1v) is 14.7. The minimum Gasteiger partial charge on any atom is -0.456 e. The standard InChI is InChI=1S/C26H39N5O6S2/c1-14(2)20(27)24(35)38-10-8-7-9-16-11-18(32)28-12-19-29-17(13-39-19)22(33)31-26(5,6)25(36)30-21(15(3)4)23(34)37-16/h7,9,13-16,20-21H,8,10-12,27H2,1-6H3,(H,28,32)(H,30,36)(H,31,33)/b9-7+/t16-,20+,21+/m1/s1. The number of carbonyl (C=O) groups is 5. The quantitative estimate of drug-likeness (QED) is 0.213. The molecule has 2 bridgehead atoms. The molecule has 0 radical (unpaired) electrons. The van der Waals surface area contributed by atoms with Crippen molar-refractivity contribution in [3.63, 3.8) is 0 Å². The van der Waals surface area contributed by atoms with E-state index < -0.39 is 41.5 Å². The van der Waals surface area contributed by atoms with Gasteiger partial charge in [0.1, 0.15) is 28.4 Å². The van der Waals surface area contributed by atoms with E-state index in [0.717, 1.165) is 11.8 Å². The van der Waals surface area contributed by atoms with E-state index in [1.165, 1.54) is 25.2 Å². The number of rotatable bonds is 7. The third kappa shape index (κ3) is 10.0. The van der Waals surface area contributed by atoms with Crippen molar-refractivity contribution in [2.75, 3.05) is 5.75 Å². The van der Waals surface area contributed by atoms with Gasteiger partial charge in [0.05, 0.1) is 19.0 Å². The van der Waals surface area contributed by atoms with Gasteiger partial charge in [-0.15, -0.1) is 11.3 Å². The van der Waals surface area contributed by atoms with Crippen molar-refractivity contribution in [3.8, 4) is 0 Å². The van der Waals surface area contributed by atoms with Crippen LogP contribution in [-0.4, -0.2) is 63.3 Å². The molecule has 1 aromatic rings. The summed E-state index contributed by atoms with van der Waals surface area (Å²) in [6.07, 6.45) is 2.80. The minimum atomic E-state index is -1.34. The molecule has 0 fully saturated rings. The fourth-order valence-corrected chi connectivity index (χ4v) is 5.00.